The van der Waals surface area contributed by atoms with Crippen LogP contribution in [0.15, 0.2) is 60.7 Å². The summed E-state index contributed by atoms with van der Waals surface area (Å²) in [4.78, 5) is 0. The Hall–Kier alpha value is -1.54. The minimum atomic E-state index is -2.74. The zero-order chi connectivity index (χ0) is 19.7. The lowest BCUT2D eigenvalue weighted by Gasteiger charge is -2.43. The summed E-state index contributed by atoms with van der Waals surface area (Å²) in [6.07, 6.45) is -4.68. The lowest BCUT2D eigenvalue weighted by molar-refractivity contribution is -0.132. The summed E-state index contributed by atoms with van der Waals surface area (Å²) in [7, 11) is -2.74. The molecule has 2 aromatic carbocycles. The summed E-state index contributed by atoms with van der Waals surface area (Å²) in [5.74, 6) is 0. The van der Waals surface area contributed by atoms with E-state index in [0.717, 1.165) is 10.4 Å². The number of ether oxygens (including phenoxy) is 1. The van der Waals surface area contributed by atoms with Crippen molar-refractivity contribution in [3.63, 3.8) is 0 Å². The van der Waals surface area contributed by atoms with Crippen molar-refractivity contribution in [1.29, 1.82) is 0 Å². The van der Waals surface area contributed by atoms with Crippen molar-refractivity contribution >= 4 is 18.7 Å². The van der Waals surface area contributed by atoms with Crippen LogP contribution in [0.2, 0.25) is 5.04 Å². The number of aliphatic hydroxyl groups excluding tert-OH is 3. The summed E-state index contributed by atoms with van der Waals surface area (Å²) in [5.41, 5.74) is 0. The zero-order valence-electron chi connectivity index (χ0n) is 15.9. The summed E-state index contributed by atoms with van der Waals surface area (Å²) in [6, 6.07) is 20.3. The summed E-state index contributed by atoms with van der Waals surface area (Å²) in [5, 5.41) is 31.7. The molecule has 2 aromatic rings. The first-order valence-electron chi connectivity index (χ1n) is 9.22. The van der Waals surface area contributed by atoms with E-state index in [2.05, 4.69) is 45.0 Å². The van der Waals surface area contributed by atoms with Crippen LogP contribution in [0.5, 0.6) is 0 Å². The van der Waals surface area contributed by atoms with Crippen LogP contribution >= 0.6 is 0 Å². The van der Waals surface area contributed by atoms with Crippen molar-refractivity contribution in [3.05, 3.63) is 60.7 Å². The molecule has 4 atom stereocenters. The molecule has 0 aromatic heterocycles. The highest BCUT2D eigenvalue weighted by molar-refractivity contribution is 6.99. The monoisotopic (exact) mass is 388 g/mol. The van der Waals surface area contributed by atoms with Gasteiger partial charge in [-0.25, -0.2) is 0 Å². The Labute approximate surface area is 161 Å². The highest BCUT2D eigenvalue weighted by atomic mass is 28.4. The third kappa shape index (κ3) is 3.74. The number of aliphatic hydroxyl groups is 3. The van der Waals surface area contributed by atoms with E-state index >= 15 is 0 Å². The Morgan fingerprint density at radius 2 is 1.33 bits per heavy atom. The minimum absolute atomic E-state index is 0.0859. The zero-order valence-corrected chi connectivity index (χ0v) is 16.9. The lowest BCUT2D eigenvalue weighted by Crippen LogP contribution is -2.67. The molecule has 0 saturated carbocycles. The van der Waals surface area contributed by atoms with Crippen LogP contribution in [0.1, 0.15) is 20.8 Å². The van der Waals surface area contributed by atoms with Crippen molar-refractivity contribution in [2.45, 2.75) is 50.4 Å². The molecule has 3 N–H and O–H groups in total. The first-order chi connectivity index (χ1) is 12.8. The van der Waals surface area contributed by atoms with Gasteiger partial charge in [-0.1, -0.05) is 81.4 Å². The van der Waals surface area contributed by atoms with Gasteiger partial charge in [0.25, 0.3) is 8.32 Å². The molecule has 1 heterocycles. The Morgan fingerprint density at radius 1 is 0.852 bits per heavy atom. The fourth-order valence-electron chi connectivity index (χ4n) is 3.84. The molecule has 6 heteroatoms. The van der Waals surface area contributed by atoms with Gasteiger partial charge in [0.2, 0.25) is 0 Å². The van der Waals surface area contributed by atoms with Gasteiger partial charge < -0.3 is 24.5 Å². The lowest BCUT2D eigenvalue weighted by atomic mass is 10.1. The van der Waals surface area contributed by atoms with E-state index in [1.807, 2.05) is 36.4 Å². The average Bonchev–Trinajstić information content (AvgIpc) is 2.90. The van der Waals surface area contributed by atoms with E-state index in [1.165, 1.54) is 0 Å². The minimum Gasteiger partial charge on any atom is -0.405 e. The Bertz CT molecular complexity index is 692. The van der Waals surface area contributed by atoms with E-state index in [-0.39, 0.29) is 11.6 Å². The third-order valence-corrected chi connectivity index (χ3v) is 10.2. The molecule has 2 unspecified atom stereocenters. The highest BCUT2D eigenvalue weighted by Crippen LogP contribution is 2.37. The fourth-order valence-corrected chi connectivity index (χ4v) is 8.41. The maximum absolute atomic E-state index is 10.2. The first kappa shape index (κ1) is 20.2. The van der Waals surface area contributed by atoms with Gasteiger partial charge in [0.1, 0.15) is 18.3 Å². The van der Waals surface area contributed by atoms with Gasteiger partial charge in [0, 0.05) is 0 Å². The molecule has 1 saturated heterocycles. The summed E-state index contributed by atoms with van der Waals surface area (Å²) in [6.45, 7) is 6.57. The molecule has 0 radical (unpaired) electrons. The second-order valence-electron chi connectivity index (χ2n) is 8.02. The molecule has 0 aliphatic carbocycles. The normalized spacial score (nSPS) is 26.3. The van der Waals surface area contributed by atoms with Crippen LogP contribution in [0.3, 0.4) is 0 Å². The Morgan fingerprint density at radius 3 is 1.70 bits per heavy atom. The topological polar surface area (TPSA) is 79.2 Å². The van der Waals surface area contributed by atoms with Gasteiger partial charge in [-0.05, 0) is 15.4 Å². The standard InChI is InChI=1S/C21H28O5Si/c1-21(2,3)27(15-10-6-4-7-11-15,16-12-8-5-9-13-16)25-14-17-18(22)19(23)20(24)26-17/h4-13,17-20,22-24H,14H2,1-3H3/t17-,18?,19?,20-/m1/s1. The molecule has 0 amide bonds. The third-order valence-electron chi connectivity index (χ3n) is 5.22. The van der Waals surface area contributed by atoms with Crippen LogP contribution in [-0.4, -0.2) is 54.8 Å². The molecule has 0 spiro atoms. The summed E-state index contributed by atoms with van der Waals surface area (Å²) >= 11 is 0. The van der Waals surface area contributed by atoms with Gasteiger partial charge in [-0.2, -0.15) is 0 Å². The molecule has 3 rings (SSSR count). The Balaban J connectivity index is 2.02. The SMILES string of the molecule is CC(C)(C)[Si](OC[C@H]1O[C@@H](O)C(O)C1O)(c1ccccc1)c1ccccc1. The van der Waals surface area contributed by atoms with Gasteiger partial charge in [-0.3, -0.25) is 0 Å². The maximum Gasteiger partial charge on any atom is 0.261 e. The first-order valence-corrected chi connectivity index (χ1v) is 11.1. The van der Waals surface area contributed by atoms with Crippen molar-refractivity contribution in [1.82, 2.24) is 0 Å². The predicted molar refractivity (Wildman–Crippen MR) is 106 cm³/mol. The van der Waals surface area contributed by atoms with Crippen molar-refractivity contribution in [2.75, 3.05) is 6.61 Å². The second kappa shape index (κ2) is 7.83. The molecule has 5 nitrogen and oxygen atoms in total. The molecule has 1 fully saturated rings. The van der Waals surface area contributed by atoms with Gasteiger partial charge in [-0.15, -0.1) is 0 Å². The predicted octanol–water partition coefficient (Wildman–Crippen LogP) is 1.00. The van der Waals surface area contributed by atoms with Gasteiger partial charge in [0.05, 0.1) is 6.61 Å². The van der Waals surface area contributed by atoms with Gasteiger partial charge >= 0.3 is 0 Å². The largest absolute Gasteiger partial charge is 0.405 e. The van der Waals surface area contributed by atoms with E-state index in [4.69, 9.17) is 9.16 Å². The molecule has 1 aliphatic heterocycles. The number of hydrogen-bond donors (Lipinski definition) is 3. The average molecular weight is 389 g/mol. The quantitative estimate of drug-likeness (QED) is 0.666. The van der Waals surface area contributed by atoms with Crippen molar-refractivity contribution in [3.8, 4) is 0 Å². The molecule has 1 aliphatic rings. The van der Waals surface area contributed by atoms with Gasteiger partial charge in [0.15, 0.2) is 6.29 Å². The van der Waals surface area contributed by atoms with E-state index in [1.54, 1.807) is 0 Å². The van der Waals surface area contributed by atoms with Crippen LogP contribution in [0.25, 0.3) is 0 Å². The maximum atomic E-state index is 10.2. The van der Waals surface area contributed by atoms with Crippen LogP contribution in [0, 0.1) is 0 Å². The fraction of sp³-hybridized carbons (Fsp3) is 0.429. The van der Waals surface area contributed by atoms with Crippen LogP contribution < -0.4 is 10.4 Å². The van der Waals surface area contributed by atoms with Crippen molar-refractivity contribution < 1.29 is 24.5 Å². The number of benzene rings is 2. The molecule has 146 valence electrons. The molecular formula is C21H28O5Si. The number of rotatable bonds is 5. The molecular weight excluding hydrogens is 360 g/mol. The molecule has 27 heavy (non-hydrogen) atoms. The van der Waals surface area contributed by atoms with E-state index in [9.17, 15) is 15.3 Å². The van der Waals surface area contributed by atoms with Crippen LogP contribution in [0.4, 0.5) is 0 Å². The van der Waals surface area contributed by atoms with Crippen molar-refractivity contribution in [2.24, 2.45) is 0 Å². The second-order valence-corrected chi connectivity index (χ2v) is 12.3. The smallest absolute Gasteiger partial charge is 0.261 e. The highest BCUT2D eigenvalue weighted by Gasteiger charge is 2.51. The van der Waals surface area contributed by atoms with E-state index < -0.39 is 32.9 Å². The van der Waals surface area contributed by atoms with E-state index in [0.29, 0.717) is 0 Å². The molecule has 0 bridgehead atoms. The number of hydrogen-bond acceptors (Lipinski definition) is 5. The Kier molecular flexibility index (Phi) is 5.86. The summed E-state index contributed by atoms with van der Waals surface area (Å²) < 4.78 is 12.0. The van der Waals surface area contributed by atoms with Crippen LogP contribution in [-0.2, 0) is 9.16 Å².